The third-order valence-electron chi connectivity index (χ3n) is 3.01. The van der Waals surface area contributed by atoms with Gasteiger partial charge in [-0.15, -0.1) is 22.7 Å². The molecule has 0 aliphatic rings. The van der Waals surface area contributed by atoms with E-state index >= 15 is 0 Å². The maximum atomic E-state index is 4.69. The summed E-state index contributed by atoms with van der Waals surface area (Å²) in [4.78, 5) is 12.8. The molecule has 0 atom stereocenters. The number of thiophene rings is 2. The molecular formula is C13H13N3S2. The van der Waals surface area contributed by atoms with E-state index in [4.69, 9.17) is 0 Å². The van der Waals surface area contributed by atoms with Gasteiger partial charge in [0.25, 0.3) is 0 Å². The normalized spacial score (nSPS) is 11.1. The molecule has 92 valence electrons. The Morgan fingerprint density at radius 2 is 2.06 bits per heavy atom. The van der Waals surface area contributed by atoms with E-state index in [2.05, 4.69) is 35.2 Å². The van der Waals surface area contributed by atoms with E-state index in [0.29, 0.717) is 0 Å². The molecule has 0 aromatic carbocycles. The van der Waals surface area contributed by atoms with Gasteiger partial charge in [-0.25, -0.2) is 9.97 Å². The highest BCUT2D eigenvalue weighted by Crippen LogP contribution is 2.35. The van der Waals surface area contributed by atoms with Gasteiger partial charge in [0.15, 0.2) is 5.82 Å². The van der Waals surface area contributed by atoms with Crippen LogP contribution in [0.15, 0.2) is 17.5 Å². The molecule has 0 saturated heterocycles. The fourth-order valence-electron chi connectivity index (χ4n) is 1.95. The molecule has 0 aliphatic carbocycles. The Hall–Kier alpha value is -1.46. The third-order valence-corrected chi connectivity index (χ3v) is 4.97. The maximum Gasteiger partial charge on any atom is 0.173 e. The molecule has 3 heterocycles. The molecule has 3 aromatic heterocycles. The summed E-state index contributed by atoms with van der Waals surface area (Å²) in [6.45, 7) is 4.26. The monoisotopic (exact) mass is 275 g/mol. The van der Waals surface area contributed by atoms with Crippen molar-refractivity contribution >= 4 is 38.7 Å². The highest BCUT2D eigenvalue weighted by atomic mass is 32.1. The largest absolute Gasteiger partial charge is 0.372 e. The molecular weight excluding hydrogens is 262 g/mol. The molecule has 3 rings (SSSR count). The highest BCUT2D eigenvalue weighted by molar-refractivity contribution is 7.19. The van der Waals surface area contributed by atoms with Crippen molar-refractivity contribution in [3.8, 4) is 10.7 Å². The molecule has 0 unspecified atom stereocenters. The van der Waals surface area contributed by atoms with Crippen LogP contribution in [0.2, 0.25) is 0 Å². The molecule has 0 amide bonds. The number of hydrogen-bond acceptors (Lipinski definition) is 5. The average molecular weight is 275 g/mol. The van der Waals surface area contributed by atoms with Gasteiger partial charge in [0.1, 0.15) is 10.6 Å². The number of fused-ring (bicyclic) bond motifs is 1. The van der Waals surface area contributed by atoms with Crippen molar-refractivity contribution in [1.29, 1.82) is 0 Å². The van der Waals surface area contributed by atoms with E-state index in [9.17, 15) is 0 Å². The summed E-state index contributed by atoms with van der Waals surface area (Å²) >= 11 is 3.40. The van der Waals surface area contributed by atoms with Crippen LogP contribution >= 0.6 is 22.7 Å². The van der Waals surface area contributed by atoms with E-state index in [1.807, 2.05) is 18.5 Å². The van der Waals surface area contributed by atoms with Crippen molar-refractivity contribution < 1.29 is 0 Å². The predicted octanol–water partition coefficient (Wildman–Crippen LogP) is 4.08. The summed E-state index contributed by atoms with van der Waals surface area (Å²) in [5.74, 6) is 1.73. The molecule has 5 heteroatoms. The minimum absolute atomic E-state index is 0.808. The first-order chi connectivity index (χ1) is 8.70. The lowest BCUT2D eigenvalue weighted by molar-refractivity contribution is 1.23. The van der Waals surface area contributed by atoms with Crippen molar-refractivity contribution in [2.24, 2.45) is 0 Å². The van der Waals surface area contributed by atoms with Gasteiger partial charge in [-0.2, -0.15) is 0 Å². The zero-order valence-corrected chi connectivity index (χ0v) is 12.1. The number of anilines is 1. The second-order valence-electron chi connectivity index (χ2n) is 4.09. The van der Waals surface area contributed by atoms with E-state index in [1.165, 1.54) is 10.4 Å². The van der Waals surface area contributed by atoms with Crippen LogP contribution in [-0.2, 0) is 0 Å². The van der Waals surface area contributed by atoms with Gasteiger partial charge in [-0.1, -0.05) is 6.07 Å². The number of rotatable bonds is 2. The molecule has 0 bridgehead atoms. The number of hydrogen-bond donors (Lipinski definition) is 1. The topological polar surface area (TPSA) is 37.8 Å². The van der Waals surface area contributed by atoms with E-state index in [1.54, 1.807) is 22.7 Å². The van der Waals surface area contributed by atoms with Gasteiger partial charge in [0.2, 0.25) is 0 Å². The first-order valence-electron chi connectivity index (χ1n) is 5.70. The number of nitrogens with zero attached hydrogens (tertiary/aromatic N) is 2. The van der Waals surface area contributed by atoms with Crippen LogP contribution in [0.4, 0.5) is 5.82 Å². The Labute approximate surface area is 114 Å². The Kier molecular flexibility index (Phi) is 2.80. The van der Waals surface area contributed by atoms with E-state index < -0.39 is 0 Å². The van der Waals surface area contributed by atoms with Crippen LogP contribution in [0.5, 0.6) is 0 Å². The van der Waals surface area contributed by atoms with E-state index in [0.717, 1.165) is 26.7 Å². The summed E-state index contributed by atoms with van der Waals surface area (Å²) in [7, 11) is 1.91. The summed E-state index contributed by atoms with van der Waals surface area (Å²) in [5.41, 5.74) is 1.28. The lowest BCUT2D eigenvalue weighted by Crippen LogP contribution is -1.97. The lowest BCUT2D eigenvalue weighted by Gasteiger charge is -2.04. The first kappa shape index (κ1) is 11.6. The smallest absolute Gasteiger partial charge is 0.173 e. The van der Waals surface area contributed by atoms with Crippen molar-refractivity contribution in [3.63, 3.8) is 0 Å². The van der Waals surface area contributed by atoms with Gasteiger partial charge >= 0.3 is 0 Å². The van der Waals surface area contributed by atoms with Crippen molar-refractivity contribution in [3.05, 3.63) is 28.0 Å². The van der Waals surface area contributed by atoms with E-state index in [-0.39, 0.29) is 0 Å². The molecule has 1 N–H and O–H groups in total. The van der Waals surface area contributed by atoms with Crippen LogP contribution in [0.25, 0.3) is 20.9 Å². The molecule has 3 nitrogen and oxygen atoms in total. The SMILES string of the molecule is CNc1nc(-c2cccs2)nc2sc(C)c(C)c12. The van der Waals surface area contributed by atoms with Gasteiger partial charge in [0.05, 0.1) is 10.3 Å². The molecule has 3 aromatic rings. The van der Waals surface area contributed by atoms with Crippen molar-refractivity contribution in [2.45, 2.75) is 13.8 Å². The molecule has 18 heavy (non-hydrogen) atoms. The fraction of sp³-hybridized carbons (Fsp3) is 0.231. The molecule has 0 saturated carbocycles. The predicted molar refractivity (Wildman–Crippen MR) is 79.7 cm³/mol. The van der Waals surface area contributed by atoms with Gasteiger partial charge in [-0.3, -0.25) is 0 Å². The Morgan fingerprint density at radius 3 is 2.72 bits per heavy atom. The zero-order chi connectivity index (χ0) is 12.7. The quantitative estimate of drug-likeness (QED) is 0.766. The summed E-state index contributed by atoms with van der Waals surface area (Å²) in [6, 6.07) is 4.08. The standard InChI is InChI=1S/C13H13N3S2/c1-7-8(2)18-13-10(7)12(14-3)15-11(16-13)9-5-4-6-17-9/h4-6H,1-3H3,(H,14,15,16). The lowest BCUT2D eigenvalue weighted by atomic mass is 10.2. The van der Waals surface area contributed by atoms with Crippen molar-refractivity contribution in [2.75, 3.05) is 12.4 Å². The van der Waals surface area contributed by atoms with Crippen LogP contribution in [0.1, 0.15) is 10.4 Å². The summed E-state index contributed by atoms with van der Waals surface area (Å²) in [6.07, 6.45) is 0. The Bertz CT molecular complexity index is 699. The van der Waals surface area contributed by atoms with Crippen molar-refractivity contribution in [1.82, 2.24) is 9.97 Å². The van der Waals surface area contributed by atoms with Gasteiger partial charge < -0.3 is 5.32 Å². The zero-order valence-electron chi connectivity index (χ0n) is 10.4. The highest BCUT2D eigenvalue weighted by Gasteiger charge is 2.14. The third kappa shape index (κ3) is 1.71. The summed E-state index contributed by atoms with van der Waals surface area (Å²) < 4.78 is 0. The van der Waals surface area contributed by atoms with Gasteiger partial charge in [-0.05, 0) is 30.9 Å². The minimum atomic E-state index is 0.808. The Balaban J connectivity index is 2.32. The Morgan fingerprint density at radius 1 is 1.22 bits per heavy atom. The summed E-state index contributed by atoms with van der Waals surface area (Å²) in [5, 5.41) is 6.39. The average Bonchev–Trinajstić information content (AvgIpc) is 2.98. The number of aryl methyl sites for hydroxylation is 2. The van der Waals surface area contributed by atoms with Crippen LogP contribution in [0.3, 0.4) is 0 Å². The molecule has 0 spiro atoms. The fourth-order valence-corrected chi connectivity index (χ4v) is 3.63. The maximum absolute atomic E-state index is 4.69. The number of nitrogens with one attached hydrogen (secondary N) is 1. The number of aromatic nitrogens is 2. The van der Waals surface area contributed by atoms with Crippen LogP contribution in [-0.4, -0.2) is 17.0 Å². The minimum Gasteiger partial charge on any atom is -0.372 e. The van der Waals surface area contributed by atoms with Crippen LogP contribution < -0.4 is 5.32 Å². The molecule has 0 radical (unpaired) electrons. The van der Waals surface area contributed by atoms with Crippen LogP contribution in [0, 0.1) is 13.8 Å². The molecule has 0 fully saturated rings. The molecule has 0 aliphatic heterocycles. The van der Waals surface area contributed by atoms with Gasteiger partial charge in [0, 0.05) is 11.9 Å². The first-order valence-corrected chi connectivity index (χ1v) is 7.39. The second kappa shape index (κ2) is 4.33. The second-order valence-corrected chi connectivity index (χ2v) is 6.24.